The van der Waals surface area contributed by atoms with Crippen LogP contribution in [0.15, 0.2) is 53.4 Å². The van der Waals surface area contributed by atoms with Gasteiger partial charge >= 0.3 is 6.09 Å². The van der Waals surface area contributed by atoms with Gasteiger partial charge in [-0.25, -0.2) is 9.18 Å². The zero-order valence-corrected chi connectivity index (χ0v) is 20.6. The predicted molar refractivity (Wildman–Crippen MR) is 131 cm³/mol. The summed E-state index contributed by atoms with van der Waals surface area (Å²) >= 11 is 0. The summed E-state index contributed by atoms with van der Waals surface area (Å²) in [6, 6.07) is 3.80. The number of carbonyl (C=O) groups is 1. The largest absolute Gasteiger partial charge is 0.444 e. The first-order chi connectivity index (χ1) is 16.2. The molecule has 1 amide bonds. The molecule has 1 aliphatic carbocycles. The average Bonchev–Trinajstić information content (AvgIpc) is 3.07. The third-order valence-electron chi connectivity index (χ3n) is 7.14. The molecule has 4 aliphatic rings. The molecule has 0 spiro atoms. The van der Waals surface area contributed by atoms with Crippen LogP contribution in [-0.4, -0.2) is 58.7 Å². The van der Waals surface area contributed by atoms with Crippen LogP contribution >= 0.6 is 0 Å². The molecule has 0 aromatic carbocycles. The van der Waals surface area contributed by atoms with Gasteiger partial charge in [-0.15, -0.1) is 0 Å². The molecule has 0 fully saturated rings. The summed E-state index contributed by atoms with van der Waals surface area (Å²) in [5.41, 5.74) is 4.93. The van der Waals surface area contributed by atoms with Crippen LogP contribution in [0.1, 0.15) is 51.8 Å². The Morgan fingerprint density at radius 3 is 2.82 bits per heavy atom. The number of halogens is 1. The fraction of sp³-hybridized carbons (Fsp3) is 0.481. The molecule has 5 rings (SSSR count). The maximum Gasteiger partial charge on any atom is 0.410 e. The molecule has 6 nitrogen and oxygen atoms in total. The number of fused-ring (bicyclic) bond motifs is 2. The van der Waals surface area contributed by atoms with E-state index in [1.807, 2.05) is 20.8 Å². The number of hydrogen-bond acceptors (Lipinski definition) is 5. The topological polar surface area (TPSA) is 57.7 Å². The molecule has 2 unspecified atom stereocenters. The fourth-order valence-corrected chi connectivity index (χ4v) is 5.68. The first-order valence-electron chi connectivity index (χ1n) is 12.1. The van der Waals surface area contributed by atoms with E-state index in [0.717, 1.165) is 29.7 Å². The lowest BCUT2D eigenvalue weighted by molar-refractivity contribution is 0.0263. The minimum absolute atomic E-state index is 0.0840. The third kappa shape index (κ3) is 3.81. The smallest absolute Gasteiger partial charge is 0.410 e. The minimum Gasteiger partial charge on any atom is -0.444 e. The van der Waals surface area contributed by atoms with Gasteiger partial charge in [-0.2, -0.15) is 0 Å². The van der Waals surface area contributed by atoms with E-state index in [4.69, 9.17) is 4.74 Å². The molecule has 0 bridgehead atoms. The van der Waals surface area contributed by atoms with Crippen molar-refractivity contribution in [1.82, 2.24) is 20.1 Å². The van der Waals surface area contributed by atoms with Crippen molar-refractivity contribution in [2.24, 2.45) is 5.92 Å². The van der Waals surface area contributed by atoms with Gasteiger partial charge in [0.05, 0.1) is 23.5 Å². The van der Waals surface area contributed by atoms with Gasteiger partial charge in [-0.1, -0.05) is 13.0 Å². The van der Waals surface area contributed by atoms with Crippen molar-refractivity contribution >= 4 is 17.6 Å². The van der Waals surface area contributed by atoms with Crippen molar-refractivity contribution in [2.75, 3.05) is 20.1 Å². The summed E-state index contributed by atoms with van der Waals surface area (Å²) in [4.78, 5) is 21.1. The number of rotatable bonds is 2. The van der Waals surface area contributed by atoms with Gasteiger partial charge in [-0.05, 0) is 57.4 Å². The van der Waals surface area contributed by atoms with Crippen molar-refractivity contribution in [3.05, 3.63) is 64.7 Å². The highest BCUT2D eigenvalue weighted by Crippen LogP contribution is 2.47. The Morgan fingerprint density at radius 1 is 1.35 bits per heavy atom. The predicted octanol–water partition coefficient (Wildman–Crippen LogP) is 4.88. The minimum atomic E-state index is -0.511. The van der Waals surface area contributed by atoms with Crippen LogP contribution < -0.4 is 5.32 Å². The Hall–Kier alpha value is -3.09. The lowest BCUT2D eigenvalue weighted by Crippen LogP contribution is -2.52. The molecule has 0 radical (unpaired) electrons. The van der Waals surface area contributed by atoms with Gasteiger partial charge < -0.3 is 19.9 Å². The molecule has 1 aromatic rings. The monoisotopic (exact) mass is 464 g/mol. The first-order valence-corrected chi connectivity index (χ1v) is 12.1. The summed E-state index contributed by atoms with van der Waals surface area (Å²) in [6.45, 7) is 9.02. The van der Waals surface area contributed by atoms with Crippen LogP contribution in [0.4, 0.5) is 9.18 Å². The number of aromatic nitrogens is 1. The second-order valence-corrected chi connectivity index (χ2v) is 10.5. The van der Waals surface area contributed by atoms with Gasteiger partial charge in [0, 0.05) is 55.2 Å². The normalized spacial score (nSPS) is 26.1. The van der Waals surface area contributed by atoms with Crippen LogP contribution in [0.5, 0.6) is 0 Å². The Kier molecular flexibility index (Phi) is 5.53. The number of amides is 1. The average molecular weight is 465 g/mol. The highest BCUT2D eigenvalue weighted by atomic mass is 19.1. The molecule has 1 aromatic heterocycles. The summed E-state index contributed by atoms with van der Waals surface area (Å²) in [7, 11) is 2.08. The van der Waals surface area contributed by atoms with Crippen LogP contribution in [-0.2, 0) is 4.74 Å². The van der Waals surface area contributed by atoms with Crippen molar-refractivity contribution in [3.8, 4) is 0 Å². The van der Waals surface area contributed by atoms with E-state index >= 15 is 4.39 Å². The van der Waals surface area contributed by atoms with Crippen LogP contribution in [0.25, 0.3) is 11.5 Å². The molecule has 34 heavy (non-hydrogen) atoms. The molecule has 4 heterocycles. The summed E-state index contributed by atoms with van der Waals surface area (Å²) in [5, 5.41) is 3.79. The van der Waals surface area contributed by atoms with E-state index in [2.05, 4.69) is 41.4 Å². The van der Waals surface area contributed by atoms with Gasteiger partial charge in [0.2, 0.25) is 0 Å². The highest BCUT2D eigenvalue weighted by molar-refractivity contribution is 5.85. The Bertz CT molecular complexity index is 1140. The number of allylic oxidation sites excluding steroid dienone is 1. The zero-order chi connectivity index (χ0) is 24.2. The first kappa shape index (κ1) is 22.7. The number of nitrogens with one attached hydrogen (secondary N) is 1. The lowest BCUT2D eigenvalue weighted by Gasteiger charge is -2.44. The third-order valence-corrected chi connectivity index (χ3v) is 7.14. The lowest BCUT2D eigenvalue weighted by atomic mass is 9.75. The van der Waals surface area contributed by atoms with E-state index in [-0.39, 0.29) is 24.0 Å². The van der Waals surface area contributed by atoms with Crippen molar-refractivity contribution in [1.29, 1.82) is 0 Å². The molecule has 7 heteroatoms. The summed E-state index contributed by atoms with van der Waals surface area (Å²) < 4.78 is 20.7. The van der Waals surface area contributed by atoms with E-state index in [9.17, 15) is 4.79 Å². The van der Waals surface area contributed by atoms with Crippen LogP contribution in [0.2, 0.25) is 0 Å². The quantitative estimate of drug-likeness (QED) is 0.633. The standard InChI is InChI=1S/C27H33FN4O2/c1-6-18-22(16-9-12-32(13-10-16)26(33)34-27(2,3)4)30-24-21-17(15-31(5)25(18)21)14-20(28)19-8-7-11-29-23(19)24/h7-9,11,14-15,18,22,25,30H,6,10,12-13H2,1-5H3/t18?,22-,25?/m0/s1. The number of likely N-dealkylation sites (N-methyl/N-ethyl adjacent to an activating group) is 1. The number of hydrogen-bond donors (Lipinski definition) is 1. The number of pyridine rings is 1. The molecular formula is C27H33FN4O2. The molecular weight excluding hydrogens is 431 g/mol. The molecule has 0 saturated carbocycles. The van der Waals surface area contributed by atoms with Crippen molar-refractivity contribution < 1.29 is 13.9 Å². The molecule has 180 valence electrons. The SMILES string of the molecule is CCC1C2C3=C(N[C@H]1C1=CCN(C(=O)OC(C)(C)C)CC1)c1ncccc1C(F)=CC3=CN2C. The van der Waals surface area contributed by atoms with E-state index in [1.165, 1.54) is 5.57 Å². The molecule has 0 saturated heterocycles. The number of carbonyl (C=O) groups excluding carboxylic acids is 1. The summed E-state index contributed by atoms with van der Waals surface area (Å²) in [5.74, 6) is 0.0487. The fourth-order valence-electron chi connectivity index (χ4n) is 5.68. The second-order valence-electron chi connectivity index (χ2n) is 10.5. The van der Waals surface area contributed by atoms with Crippen molar-refractivity contribution in [3.63, 3.8) is 0 Å². The Morgan fingerprint density at radius 2 is 2.15 bits per heavy atom. The van der Waals surface area contributed by atoms with Crippen molar-refractivity contribution in [2.45, 2.75) is 58.2 Å². The second kappa shape index (κ2) is 8.29. The zero-order valence-electron chi connectivity index (χ0n) is 20.6. The molecule has 1 N–H and O–H groups in total. The van der Waals surface area contributed by atoms with Crippen LogP contribution in [0.3, 0.4) is 0 Å². The van der Waals surface area contributed by atoms with E-state index < -0.39 is 5.60 Å². The van der Waals surface area contributed by atoms with Gasteiger partial charge in [0.1, 0.15) is 11.4 Å². The Balaban J connectivity index is 1.49. The number of nitrogens with zero attached hydrogens (tertiary/aromatic N) is 3. The highest BCUT2D eigenvalue weighted by Gasteiger charge is 2.46. The molecule has 3 aliphatic heterocycles. The maximum atomic E-state index is 15.2. The van der Waals surface area contributed by atoms with E-state index in [1.54, 1.807) is 29.3 Å². The van der Waals surface area contributed by atoms with Gasteiger partial charge in [0.15, 0.2) is 0 Å². The maximum absolute atomic E-state index is 15.2. The van der Waals surface area contributed by atoms with Gasteiger partial charge in [0.25, 0.3) is 0 Å². The van der Waals surface area contributed by atoms with E-state index in [0.29, 0.717) is 30.3 Å². The molecule has 3 atom stereocenters. The Labute approximate surface area is 200 Å². The van der Waals surface area contributed by atoms with Gasteiger partial charge in [-0.3, -0.25) is 4.98 Å². The van der Waals surface area contributed by atoms with Crippen LogP contribution in [0, 0.1) is 5.92 Å². The number of ether oxygens (including phenoxy) is 1. The summed E-state index contributed by atoms with van der Waals surface area (Å²) in [6.07, 6.45) is 9.06.